The summed E-state index contributed by atoms with van der Waals surface area (Å²) in [6.45, 7) is 0.346. The number of halogens is 2. The highest BCUT2D eigenvalue weighted by Gasteiger charge is 2.34. The number of carbonyl (C=O) groups excluding carboxylic acids is 2. The molecule has 0 saturated carbocycles. The lowest BCUT2D eigenvalue weighted by atomic mass is 10.1. The van der Waals surface area contributed by atoms with Crippen molar-refractivity contribution < 1.29 is 14.0 Å². The van der Waals surface area contributed by atoms with Crippen LogP contribution >= 0.6 is 35.6 Å². The number of amides is 2. The molecule has 0 radical (unpaired) electrons. The van der Waals surface area contributed by atoms with Crippen molar-refractivity contribution in [1.82, 2.24) is 15.0 Å². The standard InChI is InChI=1S/C26H17ClFN3O2S2/c27-19-11-9-16(10-12-19)24(32)29-31-25(33)23(35-26(31)34)13-18-15-30(22-8-4-2-6-20(18)22)14-17-5-1-3-7-21(17)28/h1-13,15H,14H2,(H,29,32)/b23-13-. The van der Waals surface area contributed by atoms with Crippen LogP contribution in [0.4, 0.5) is 4.39 Å². The van der Waals surface area contributed by atoms with Crippen molar-refractivity contribution in [3.8, 4) is 0 Å². The predicted octanol–water partition coefficient (Wildman–Crippen LogP) is 6.03. The number of benzene rings is 3. The van der Waals surface area contributed by atoms with Gasteiger partial charge >= 0.3 is 0 Å². The second-order valence-electron chi connectivity index (χ2n) is 7.79. The van der Waals surface area contributed by atoms with Crippen LogP contribution < -0.4 is 5.43 Å². The molecule has 1 aliphatic heterocycles. The number of aromatic nitrogens is 1. The van der Waals surface area contributed by atoms with E-state index in [-0.39, 0.29) is 10.1 Å². The van der Waals surface area contributed by atoms with Crippen molar-refractivity contribution in [1.29, 1.82) is 0 Å². The van der Waals surface area contributed by atoms with Crippen LogP contribution in [0.2, 0.25) is 5.02 Å². The van der Waals surface area contributed by atoms with Crippen molar-refractivity contribution >= 4 is 68.7 Å². The second kappa shape index (κ2) is 9.65. The van der Waals surface area contributed by atoms with E-state index in [2.05, 4.69) is 5.43 Å². The number of rotatable bonds is 5. The number of fused-ring (bicyclic) bond motifs is 1. The zero-order valence-corrected chi connectivity index (χ0v) is 20.5. The molecule has 1 saturated heterocycles. The molecular weight excluding hydrogens is 505 g/mol. The number of thioether (sulfide) groups is 1. The van der Waals surface area contributed by atoms with Crippen LogP contribution in [-0.2, 0) is 11.3 Å². The number of hydrazine groups is 1. The highest BCUT2D eigenvalue weighted by atomic mass is 35.5. The van der Waals surface area contributed by atoms with Gasteiger partial charge in [-0.15, -0.1) is 0 Å². The molecule has 1 fully saturated rings. The minimum absolute atomic E-state index is 0.221. The minimum Gasteiger partial charge on any atom is -0.342 e. The number of carbonyl (C=O) groups is 2. The molecule has 35 heavy (non-hydrogen) atoms. The highest BCUT2D eigenvalue weighted by Crippen LogP contribution is 2.34. The lowest BCUT2D eigenvalue weighted by Crippen LogP contribution is -2.44. The summed E-state index contributed by atoms with van der Waals surface area (Å²) >= 11 is 12.3. The third-order valence-electron chi connectivity index (χ3n) is 5.52. The summed E-state index contributed by atoms with van der Waals surface area (Å²) in [5, 5.41) is 2.49. The molecule has 5 nitrogen and oxygen atoms in total. The van der Waals surface area contributed by atoms with Gasteiger partial charge in [0.2, 0.25) is 0 Å². The fraction of sp³-hybridized carbons (Fsp3) is 0.0385. The van der Waals surface area contributed by atoms with Crippen molar-refractivity contribution in [3.63, 3.8) is 0 Å². The third-order valence-corrected chi connectivity index (χ3v) is 7.07. The minimum atomic E-state index is -0.472. The van der Waals surface area contributed by atoms with E-state index >= 15 is 0 Å². The average Bonchev–Trinajstić information content (AvgIpc) is 3.33. The number of nitrogens with zero attached hydrogens (tertiary/aromatic N) is 2. The average molecular weight is 522 g/mol. The zero-order chi connectivity index (χ0) is 24.5. The molecule has 0 unspecified atom stereocenters. The van der Waals surface area contributed by atoms with Crippen LogP contribution in [0.5, 0.6) is 0 Å². The van der Waals surface area contributed by atoms with Gasteiger partial charge in [0.05, 0.1) is 11.4 Å². The molecule has 2 amide bonds. The Hall–Kier alpha value is -3.46. The molecule has 5 rings (SSSR count). The fourth-order valence-corrected chi connectivity index (χ4v) is 5.10. The summed E-state index contributed by atoms with van der Waals surface area (Å²) in [4.78, 5) is 26.0. The Labute approximate surface area is 215 Å². The Morgan fingerprint density at radius 2 is 1.77 bits per heavy atom. The maximum Gasteiger partial charge on any atom is 0.285 e. The smallest absolute Gasteiger partial charge is 0.285 e. The number of thiocarbonyl (C=S) groups is 1. The van der Waals surface area contributed by atoms with Gasteiger partial charge in [0.15, 0.2) is 4.32 Å². The Balaban J connectivity index is 1.43. The molecule has 9 heteroatoms. The molecule has 1 aliphatic rings. The number of nitrogens with one attached hydrogen (secondary N) is 1. The molecule has 4 aromatic rings. The Morgan fingerprint density at radius 3 is 2.54 bits per heavy atom. The van der Waals surface area contributed by atoms with Gasteiger partial charge < -0.3 is 4.57 Å². The van der Waals surface area contributed by atoms with Gasteiger partial charge in [-0.3, -0.25) is 15.0 Å². The molecule has 3 aromatic carbocycles. The first-order valence-electron chi connectivity index (χ1n) is 10.6. The molecule has 0 bridgehead atoms. The SMILES string of the molecule is O=C(NN1C(=O)/C(=C/c2cn(Cc3ccccc3F)c3ccccc23)SC1=S)c1ccc(Cl)cc1. The fourth-order valence-electron chi connectivity index (χ4n) is 3.80. The lowest BCUT2D eigenvalue weighted by molar-refractivity contribution is -0.123. The van der Waals surface area contributed by atoms with E-state index in [1.165, 1.54) is 6.07 Å². The van der Waals surface area contributed by atoms with Gasteiger partial charge in [0.1, 0.15) is 5.82 Å². The van der Waals surface area contributed by atoms with Gasteiger partial charge in [0.25, 0.3) is 11.8 Å². The van der Waals surface area contributed by atoms with Crippen molar-refractivity contribution in [2.75, 3.05) is 0 Å². The van der Waals surface area contributed by atoms with E-state index in [1.54, 1.807) is 48.5 Å². The molecular formula is C26H17ClFN3O2S2. The van der Waals surface area contributed by atoms with E-state index in [0.29, 0.717) is 27.6 Å². The van der Waals surface area contributed by atoms with Crippen LogP contribution in [-0.4, -0.2) is 25.7 Å². The molecule has 0 atom stereocenters. The normalized spacial score (nSPS) is 14.8. The highest BCUT2D eigenvalue weighted by molar-refractivity contribution is 8.26. The summed E-state index contributed by atoms with van der Waals surface area (Å²) < 4.78 is 16.4. The number of para-hydroxylation sites is 1. The Kier molecular flexibility index (Phi) is 6.42. The van der Waals surface area contributed by atoms with Gasteiger partial charge in [0, 0.05) is 38.8 Å². The van der Waals surface area contributed by atoms with Crippen LogP contribution in [0.15, 0.2) is 83.9 Å². The van der Waals surface area contributed by atoms with Gasteiger partial charge in [-0.2, -0.15) is 5.01 Å². The zero-order valence-electron chi connectivity index (χ0n) is 18.1. The summed E-state index contributed by atoms with van der Waals surface area (Å²) in [7, 11) is 0. The first-order valence-corrected chi connectivity index (χ1v) is 12.2. The quantitative estimate of drug-likeness (QED) is 0.257. The Morgan fingerprint density at radius 1 is 1.06 bits per heavy atom. The lowest BCUT2D eigenvalue weighted by Gasteiger charge is -2.15. The molecule has 0 aliphatic carbocycles. The van der Waals surface area contributed by atoms with Crippen LogP contribution in [0, 0.1) is 5.82 Å². The second-order valence-corrected chi connectivity index (χ2v) is 9.90. The summed E-state index contributed by atoms with van der Waals surface area (Å²) in [5.74, 6) is -1.17. The van der Waals surface area contributed by atoms with Crippen LogP contribution in [0.3, 0.4) is 0 Å². The van der Waals surface area contributed by atoms with Crippen LogP contribution in [0.25, 0.3) is 17.0 Å². The monoisotopic (exact) mass is 521 g/mol. The van der Waals surface area contributed by atoms with Gasteiger partial charge in [-0.25, -0.2) is 4.39 Å². The molecule has 2 heterocycles. The van der Waals surface area contributed by atoms with E-state index in [4.69, 9.17) is 23.8 Å². The van der Waals surface area contributed by atoms with Crippen molar-refractivity contribution in [2.24, 2.45) is 0 Å². The van der Waals surface area contributed by atoms with Gasteiger partial charge in [-0.1, -0.05) is 59.8 Å². The molecule has 174 valence electrons. The van der Waals surface area contributed by atoms with Crippen molar-refractivity contribution in [3.05, 3.63) is 111 Å². The number of hydrogen-bond donors (Lipinski definition) is 1. The van der Waals surface area contributed by atoms with Crippen LogP contribution in [0.1, 0.15) is 21.5 Å². The third kappa shape index (κ3) is 4.73. The molecule has 1 aromatic heterocycles. The van der Waals surface area contributed by atoms with E-state index in [1.807, 2.05) is 35.0 Å². The number of hydrogen-bond acceptors (Lipinski definition) is 4. The largest absolute Gasteiger partial charge is 0.342 e. The summed E-state index contributed by atoms with van der Waals surface area (Å²) in [5.41, 5.74) is 5.18. The summed E-state index contributed by atoms with van der Waals surface area (Å²) in [6, 6.07) is 20.7. The van der Waals surface area contributed by atoms with Gasteiger partial charge in [-0.05, 0) is 54.7 Å². The predicted molar refractivity (Wildman–Crippen MR) is 141 cm³/mol. The van der Waals surface area contributed by atoms with Crippen molar-refractivity contribution in [2.45, 2.75) is 6.54 Å². The van der Waals surface area contributed by atoms with E-state index in [9.17, 15) is 14.0 Å². The first kappa shape index (κ1) is 23.3. The summed E-state index contributed by atoms with van der Waals surface area (Å²) in [6.07, 6.45) is 3.63. The first-order chi connectivity index (χ1) is 16.9. The Bertz CT molecular complexity index is 1510. The van der Waals surface area contributed by atoms with E-state index in [0.717, 1.165) is 33.2 Å². The molecule has 0 spiro atoms. The molecule has 1 N–H and O–H groups in total. The maximum absolute atomic E-state index is 14.3. The maximum atomic E-state index is 14.3. The topological polar surface area (TPSA) is 54.3 Å². The van der Waals surface area contributed by atoms with E-state index < -0.39 is 11.8 Å².